The lowest BCUT2D eigenvalue weighted by molar-refractivity contribution is 0.446. The van der Waals surface area contributed by atoms with Crippen molar-refractivity contribution in [2.45, 2.75) is 66.2 Å². The zero-order chi connectivity index (χ0) is 38.6. The average Bonchev–Trinajstić information content (AvgIpc) is 3.54. The van der Waals surface area contributed by atoms with Crippen LogP contribution in [0.1, 0.15) is 63.9 Å². The molecule has 0 saturated carbocycles. The molecule has 8 rings (SSSR count). The number of benzene rings is 4. The van der Waals surface area contributed by atoms with Crippen LogP contribution in [0.4, 0.5) is 17.2 Å². The van der Waals surface area contributed by atoms with Crippen molar-refractivity contribution in [3.8, 4) is 39.5 Å². The molecule has 0 aliphatic heterocycles. The van der Waals surface area contributed by atoms with Gasteiger partial charge in [-0.25, -0.2) is 15.0 Å². The number of pyridine rings is 2. The average molecular weight is 740 g/mol. The van der Waals surface area contributed by atoms with Crippen LogP contribution in [0, 0.1) is 13.8 Å². The third-order valence-corrected chi connectivity index (χ3v) is 11.4. The minimum Gasteiger partial charge on any atom is -0.507 e. The lowest BCUT2D eigenvalue weighted by atomic mass is 9.79. The van der Waals surface area contributed by atoms with Gasteiger partial charge in [-0.3, -0.25) is 9.88 Å². The molecule has 4 heterocycles. The summed E-state index contributed by atoms with van der Waals surface area (Å²) in [5, 5.41) is 13.1. The molecule has 1 N–H and O–H groups in total. The molecule has 0 spiro atoms. The third-order valence-electron chi connectivity index (χ3n) is 10.2. The van der Waals surface area contributed by atoms with Crippen LogP contribution in [0.5, 0.6) is 5.75 Å². The van der Waals surface area contributed by atoms with Crippen LogP contribution >= 0.6 is 11.3 Å². The summed E-state index contributed by atoms with van der Waals surface area (Å²) in [6.07, 6.45) is 3.68. The molecular formula is C48H45N5OS. The Hall–Kier alpha value is -5.92. The molecule has 0 saturated heterocycles. The minimum atomic E-state index is -0.307. The van der Waals surface area contributed by atoms with E-state index >= 15 is 0 Å². The number of anilines is 3. The van der Waals surface area contributed by atoms with E-state index < -0.39 is 0 Å². The summed E-state index contributed by atoms with van der Waals surface area (Å²) in [5.74, 6) is 1.49. The van der Waals surface area contributed by atoms with E-state index in [2.05, 4.69) is 132 Å². The number of nitrogens with zero attached hydrogens (tertiary/aromatic N) is 5. The molecular weight excluding hydrogens is 695 g/mol. The normalized spacial score (nSPS) is 12.1. The number of aromatic nitrogens is 4. The molecule has 0 amide bonds. The maximum atomic E-state index is 12.1. The summed E-state index contributed by atoms with van der Waals surface area (Å²) in [6, 6.07) is 37.7. The number of aromatic hydroxyl groups is 1. The number of aryl methyl sites for hydroxylation is 2. The van der Waals surface area contributed by atoms with E-state index in [0.29, 0.717) is 11.4 Å². The van der Waals surface area contributed by atoms with Crippen molar-refractivity contribution in [2.75, 3.05) is 4.90 Å². The highest BCUT2D eigenvalue weighted by Crippen LogP contribution is 2.46. The van der Waals surface area contributed by atoms with Crippen molar-refractivity contribution in [1.82, 2.24) is 19.9 Å². The molecule has 0 bridgehead atoms. The number of phenols is 1. The van der Waals surface area contributed by atoms with E-state index in [0.717, 1.165) is 82.3 Å². The number of fused-ring (bicyclic) bond motifs is 3. The van der Waals surface area contributed by atoms with Crippen molar-refractivity contribution < 1.29 is 5.11 Å². The van der Waals surface area contributed by atoms with E-state index in [1.807, 2.05) is 49.6 Å². The monoisotopic (exact) mass is 739 g/mol. The fourth-order valence-electron chi connectivity index (χ4n) is 7.28. The smallest absolute Gasteiger partial charge is 0.164 e. The molecule has 0 radical (unpaired) electrons. The van der Waals surface area contributed by atoms with Crippen LogP contribution in [0.15, 0.2) is 122 Å². The maximum absolute atomic E-state index is 12.1. The topological polar surface area (TPSA) is 75.0 Å². The number of thiophene rings is 1. The Balaban J connectivity index is 1.48. The second-order valence-electron chi connectivity index (χ2n) is 16.3. The first-order chi connectivity index (χ1) is 26.3. The highest BCUT2D eigenvalue weighted by molar-refractivity contribution is 7.26. The van der Waals surface area contributed by atoms with Gasteiger partial charge in [0, 0.05) is 39.3 Å². The molecule has 0 aliphatic rings. The molecule has 0 fully saturated rings. The van der Waals surface area contributed by atoms with Crippen molar-refractivity contribution in [2.24, 2.45) is 0 Å². The SMILES string of the molecule is Cc1ccnc(C)c1N(c1cc(-c2ccccc2)cc(-c2nc(-c3cc(C(C)(C)C)cc(C(C)(C)C)c3O)nc3c2sc2ccccc23)c1)c1ccccn1. The van der Waals surface area contributed by atoms with E-state index in [1.54, 1.807) is 11.3 Å². The summed E-state index contributed by atoms with van der Waals surface area (Å²) >= 11 is 1.70. The summed E-state index contributed by atoms with van der Waals surface area (Å²) in [5.41, 5.74) is 10.8. The van der Waals surface area contributed by atoms with Crippen LogP contribution < -0.4 is 4.90 Å². The van der Waals surface area contributed by atoms with Gasteiger partial charge in [0.25, 0.3) is 0 Å². The highest BCUT2D eigenvalue weighted by atomic mass is 32.1. The largest absolute Gasteiger partial charge is 0.507 e. The van der Waals surface area contributed by atoms with Gasteiger partial charge >= 0.3 is 0 Å². The van der Waals surface area contributed by atoms with Gasteiger partial charge < -0.3 is 5.11 Å². The Morgan fingerprint density at radius 1 is 0.655 bits per heavy atom. The Bertz CT molecular complexity index is 2690. The number of hydrogen-bond donors (Lipinski definition) is 1. The predicted molar refractivity (Wildman–Crippen MR) is 230 cm³/mol. The zero-order valence-corrected chi connectivity index (χ0v) is 33.5. The Morgan fingerprint density at radius 3 is 2.09 bits per heavy atom. The summed E-state index contributed by atoms with van der Waals surface area (Å²) in [6.45, 7) is 17.2. The second-order valence-corrected chi connectivity index (χ2v) is 17.4. The van der Waals surface area contributed by atoms with Gasteiger partial charge in [-0.05, 0) is 95.5 Å². The first kappa shape index (κ1) is 36.1. The molecule has 7 heteroatoms. The Morgan fingerprint density at radius 2 is 1.38 bits per heavy atom. The molecule has 0 unspecified atom stereocenters. The zero-order valence-electron chi connectivity index (χ0n) is 32.6. The van der Waals surface area contributed by atoms with Crippen molar-refractivity contribution >= 4 is 48.8 Å². The Labute approximate surface area is 327 Å². The van der Waals surface area contributed by atoms with E-state index in [4.69, 9.17) is 19.9 Å². The molecule has 55 heavy (non-hydrogen) atoms. The van der Waals surface area contributed by atoms with Gasteiger partial charge in [0.2, 0.25) is 0 Å². The van der Waals surface area contributed by atoms with Gasteiger partial charge in [0.1, 0.15) is 11.6 Å². The first-order valence-corrected chi connectivity index (χ1v) is 19.5. The lowest BCUT2D eigenvalue weighted by Gasteiger charge is -2.28. The molecule has 4 aromatic carbocycles. The van der Waals surface area contributed by atoms with Crippen LogP contribution in [-0.2, 0) is 10.8 Å². The standard InChI is InChI=1S/C48H45N5OS/c1-29-21-23-49-30(2)43(29)53(40-20-14-15-22-50-40)35-25-32(31-16-10-9-11-17-31)24-33(26-35)41-45-42(36-18-12-13-19-39(36)55-45)52-46(51-41)37-27-34(47(3,4)5)28-38(44(37)54)48(6,7)8/h9-28,54H,1-8H3. The van der Waals surface area contributed by atoms with Crippen molar-refractivity contribution in [3.05, 3.63) is 144 Å². The second kappa shape index (κ2) is 13.7. The summed E-state index contributed by atoms with van der Waals surface area (Å²) in [4.78, 5) is 22.5. The fraction of sp³-hybridized carbons (Fsp3) is 0.208. The fourth-order valence-corrected chi connectivity index (χ4v) is 8.43. The molecule has 0 atom stereocenters. The quantitative estimate of drug-likeness (QED) is 0.183. The predicted octanol–water partition coefficient (Wildman–Crippen LogP) is 13.0. The van der Waals surface area contributed by atoms with Crippen molar-refractivity contribution in [1.29, 1.82) is 0 Å². The highest BCUT2D eigenvalue weighted by Gasteiger charge is 2.28. The molecule has 4 aromatic heterocycles. The number of rotatable bonds is 6. The summed E-state index contributed by atoms with van der Waals surface area (Å²) in [7, 11) is 0. The van der Waals surface area contributed by atoms with Crippen LogP contribution in [0.2, 0.25) is 0 Å². The van der Waals surface area contributed by atoms with Crippen LogP contribution in [0.3, 0.4) is 0 Å². The molecule has 0 aliphatic carbocycles. The lowest BCUT2D eigenvalue weighted by Crippen LogP contribution is -2.17. The van der Waals surface area contributed by atoms with E-state index in [-0.39, 0.29) is 16.6 Å². The van der Waals surface area contributed by atoms with Gasteiger partial charge in [-0.2, -0.15) is 0 Å². The molecule has 274 valence electrons. The number of hydrogen-bond acceptors (Lipinski definition) is 7. The number of phenolic OH excluding ortho intramolecular Hbond substituents is 1. The van der Waals surface area contributed by atoms with Gasteiger partial charge in [0.15, 0.2) is 5.82 Å². The first-order valence-electron chi connectivity index (χ1n) is 18.7. The van der Waals surface area contributed by atoms with Crippen LogP contribution in [-0.4, -0.2) is 25.0 Å². The molecule has 8 aromatic rings. The summed E-state index contributed by atoms with van der Waals surface area (Å²) < 4.78 is 2.12. The van der Waals surface area contributed by atoms with Crippen LogP contribution in [0.25, 0.3) is 54.1 Å². The van der Waals surface area contributed by atoms with Gasteiger partial charge in [-0.1, -0.05) is 102 Å². The maximum Gasteiger partial charge on any atom is 0.164 e. The van der Waals surface area contributed by atoms with E-state index in [1.165, 1.54) is 0 Å². The minimum absolute atomic E-state index is 0.166. The Kier molecular flexibility index (Phi) is 9.01. The van der Waals surface area contributed by atoms with Gasteiger partial charge in [0.05, 0.1) is 32.9 Å². The third kappa shape index (κ3) is 6.74. The van der Waals surface area contributed by atoms with E-state index in [9.17, 15) is 5.11 Å². The molecule has 6 nitrogen and oxygen atoms in total. The van der Waals surface area contributed by atoms with Crippen molar-refractivity contribution in [3.63, 3.8) is 0 Å². The van der Waals surface area contributed by atoms with Gasteiger partial charge in [-0.15, -0.1) is 11.3 Å².